The second kappa shape index (κ2) is 10.3. The van der Waals surface area contributed by atoms with E-state index in [0.29, 0.717) is 31.2 Å². The van der Waals surface area contributed by atoms with Crippen LogP contribution in [0.25, 0.3) is 17.1 Å². The fourth-order valence-electron chi connectivity index (χ4n) is 3.33. The smallest absolute Gasteiger partial charge is 0.246 e. The predicted molar refractivity (Wildman–Crippen MR) is 143 cm³/mol. The highest BCUT2D eigenvalue weighted by molar-refractivity contribution is 7.71. The Labute approximate surface area is 225 Å². The number of hydrogen-bond donors (Lipinski definition) is 1. The van der Waals surface area contributed by atoms with Crippen LogP contribution in [0.5, 0.6) is 0 Å². The summed E-state index contributed by atoms with van der Waals surface area (Å²) >= 11 is 36.6. The highest BCUT2D eigenvalue weighted by Crippen LogP contribution is 2.34. The summed E-state index contributed by atoms with van der Waals surface area (Å²) in [6.07, 6.45) is 0. The number of anilines is 1. The quantitative estimate of drug-likeness (QED) is 0.245. The number of aromatic nitrogens is 3. The minimum absolute atomic E-state index is 0.189. The molecule has 0 unspecified atom stereocenters. The van der Waals surface area contributed by atoms with Crippen LogP contribution in [0.4, 0.5) is 5.69 Å². The molecule has 0 aliphatic rings. The minimum Gasteiger partial charge on any atom is -0.322 e. The van der Waals surface area contributed by atoms with Gasteiger partial charge in [0.15, 0.2) is 5.82 Å². The average Bonchev–Trinajstić information content (AvgIpc) is 3.06. The Morgan fingerprint density at radius 1 is 0.941 bits per heavy atom. The fourth-order valence-corrected chi connectivity index (χ4v) is 5.03. The molecule has 1 heterocycles. The van der Waals surface area contributed by atoms with Gasteiger partial charge in [-0.1, -0.05) is 70.1 Å². The Kier molecular flexibility index (Phi) is 7.57. The van der Waals surface area contributed by atoms with Crippen molar-refractivity contribution in [3.8, 4) is 17.1 Å². The number of halogens is 5. The number of benzene rings is 3. The van der Waals surface area contributed by atoms with Gasteiger partial charge in [0, 0.05) is 15.6 Å². The number of nitrogens with one attached hydrogen (secondary N) is 1. The first-order valence-electron chi connectivity index (χ1n) is 9.81. The third-order valence-electron chi connectivity index (χ3n) is 4.84. The van der Waals surface area contributed by atoms with Crippen molar-refractivity contribution in [2.45, 2.75) is 13.5 Å². The molecular formula is C23H15Cl5N4OS. The van der Waals surface area contributed by atoms with Crippen LogP contribution in [-0.4, -0.2) is 20.3 Å². The molecule has 0 radical (unpaired) electrons. The van der Waals surface area contributed by atoms with Crippen molar-refractivity contribution in [2.75, 3.05) is 5.32 Å². The Balaban J connectivity index is 1.77. The van der Waals surface area contributed by atoms with Crippen molar-refractivity contribution in [3.63, 3.8) is 0 Å². The van der Waals surface area contributed by atoms with Gasteiger partial charge in [0.05, 0.1) is 26.4 Å². The number of carbonyl (C=O) groups is 1. The molecule has 0 aliphatic heterocycles. The Hall–Kier alpha value is -2.06. The molecule has 0 fully saturated rings. The lowest BCUT2D eigenvalue weighted by Crippen LogP contribution is -2.20. The summed E-state index contributed by atoms with van der Waals surface area (Å²) in [5, 5.41) is 8.99. The van der Waals surface area contributed by atoms with Crippen molar-refractivity contribution in [1.29, 1.82) is 0 Å². The summed E-state index contributed by atoms with van der Waals surface area (Å²) in [4.78, 5) is 12.9. The highest BCUT2D eigenvalue weighted by atomic mass is 35.5. The summed E-state index contributed by atoms with van der Waals surface area (Å²) in [6.45, 7) is 1.78. The van der Waals surface area contributed by atoms with E-state index in [2.05, 4.69) is 10.4 Å². The van der Waals surface area contributed by atoms with E-state index in [4.69, 9.17) is 70.2 Å². The first-order valence-corrected chi connectivity index (χ1v) is 12.1. The summed E-state index contributed by atoms with van der Waals surface area (Å²) in [5.74, 6) is 0.0393. The van der Waals surface area contributed by atoms with Crippen LogP contribution in [0.3, 0.4) is 0 Å². The molecule has 0 bridgehead atoms. The van der Waals surface area contributed by atoms with Gasteiger partial charge in [0.2, 0.25) is 10.7 Å². The zero-order valence-electron chi connectivity index (χ0n) is 17.5. The van der Waals surface area contributed by atoms with Gasteiger partial charge in [0.1, 0.15) is 6.54 Å². The van der Waals surface area contributed by atoms with E-state index < -0.39 is 5.91 Å². The van der Waals surface area contributed by atoms with E-state index in [1.165, 1.54) is 16.8 Å². The SMILES string of the molecule is Cc1cccc(-n2c(-c3ccc(Cl)cc3Cl)nn(CC(=O)Nc3c(Cl)cc(Cl)cc3Cl)c2=S)c1. The third-order valence-corrected chi connectivity index (χ3v) is 6.59. The lowest BCUT2D eigenvalue weighted by atomic mass is 10.2. The summed E-state index contributed by atoms with van der Waals surface area (Å²) in [6, 6.07) is 15.8. The molecular weight excluding hydrogens is 558 g/mol. The van der Waals surface area contributed by atoms with E-state index in [9.17, 15) is 4.79 Å². The molecule has 0 saturated carbocycles. The Morgan fingerprint density at radius 2 is 1.62 bits per heavy atom. The summed E-state index contributed by atoms with van der Waals surface area (Å²) in [5.41, 5.74) is 2.68. The standard InChI is InChI=1S/C23H15Cl5N4OS/c1-12-3-2-4-15(7-12)32-22(16-6-5-13(24)8-17(16)26)30-31(23(32)34)11-20(33)29-21-18(27)9-14(25)10-19(21)28/h2-10H,11H2,1H3,(H,29,33). The summed E-state index contributed by atoms with van der Waals surface area (Å²) < 4.78 is 3.47. The number of carbonyl (C=O) groups excluding carboxylic acids is 1. The van der Waals surface area contributed by atoms with E-state index in [-0.39, 0.29) is 22.3 Å². The topological polar surface area (TPSA) is 51.9 Å². The summed E-state index contributed by atoms with van der Waals surface area (Å²) in [7, 11) is 0. The molecule has 0 atom stereocenters. The van der Waals surface area contributed by atoms with Crippen LogP contribution in [0.15, 0.2) is 54.6 Å². The monoisotopic (exact) mass is 570 g/mol. The van der Waals surface area contributed by atoms with E-state index >= 15 is 0 Å². The number of aryl methyl sites for hydroxylation is 1. The molecule has 11 heteroatoms. The number of hydrogen-bond acceptors (Lipinski definition) is 3. The molecule has 174 valence electrons. The third kappa shape index (κ3) is 5.28. The zero-order valence-corrected chi connectivity index (χ0v) is 22.0. The van der Waals surface area contributed by atoms with Crippen LogP contribution < -0.4 is 5.32 Å². The van der Waals surface area contributed by atoms with Crippen molar-refractivity contribution in [3.05, 3.63) is 90.0 Å². The van der Waals surface area contributed by atoms with E-state index in [1.807, 2.05) is 31.2 Å². The highest BCUT2D eigenvalue weighted by Gasteiger charge is 2.20. The maximum absolute atomic E-state index is 12.9. The van der Waals surface area contributed by atoms with Gasteiger partial charge >= 0.3 is 0 Å². The maximum atomic E-state index is 12.9. The van der Waals surface area contributed by atoms with Crippen LogP contribution in [0.2, 0.25) is 25.1 Å². The van der Waals surface area contributed by atoms with Crippen LogP contribution in [0, 0.1) is 11.7 Å². The molecule has 1 N–H and O–H groups in total. The van der Waals surface area contributed by atoms with Gasteiger partial charge in [-0.2, -0.15) is 5.10 Å². The normalized spacial score (nSPS) is 11.0. The van der Waals surface area contributed by atoms with Gasteiger partial charge in [-0.25, -0.2) is 4.68 Å². The molecule has 4 aromatic rings. The van der Waals surface area contributed by atoms with Crippen molar-refractivity contribution in [1.82, 2.24) is 14.3 Å². The van der Waals surface area contributed by atoms with Crippen LogP contribution in [-0.2, 0) is 11.3 Å². The second-order valence-corrected chi connectivity index (χ2v) is 9.81. The molecule has 34 heavy (non-hydrogen) atoms. The lowest BCUT2D eigenvalue weighted by Gasteiger charge is -2.10. The van der Waals surface area contributed by atoms with Crippen molar-refractivity contribution >= 4 is 81.8 Å². The van der Waals surface area contributed by atoms with Gasteiger partial charge in [0.25, 0.3) is 0 Å². The molecule has 0 saturated heterocycles. The minimum atomic E-state index is -0.426. The molecule has 3 aromatic carbocycles. The first-order chi connectivity index (χ1) is 16.1. The maximum Gasteiger partial charge on any atom is 0.246 e. The fraction of sp³-hybridized carbons (Fsp3) is 0.0870. The molecule has 4 rings (SSSR count). The molecule has 5 nitrogen and oxygen atoms in total. The number of rotatable bonds is 5. The van der Waals surface area contributed by atoms with Gasteiger partial charge in [-0.05, 0) is 67.2 Å². The van der Waals surface area contributed by atoms with E-state index in [1.54, 1.807) is 22.8 Å². The Morgan fingerprint density at radius 3 is 2.26 bits per heavy atom. The average molecular weight is 573 g/mol. The second-order valence-electron chi connectivity index (χ2n) is 7.36. The van der Waals surface area contributed by atoms with Gasteiger partial charge in [-0.3, -0.25) is 9.36 Å². The Bertz CT molecular complexity index is 1460. The first kappa shape index (κ1) is 25.0. The van der Waals surface area contributed by atoms with Crippen molar-refractivity contribution < 1.29 is 4.79 Å². The molecule has 1 aromatic heterocycles. The largest absolute Gasteiger partial charge is 0.322 e. The molecule has 0 spiro atoms. The molecule has 0 aliphatic carbocycles. The number of nitrogens with zero attached hydrogens (tertiary/aromatic N) is 3. The van der Waals surface area contributed by atoms with Gasteiger partial charge < -0.3 is 5.32 Å². The predicted octanol–water partition coefficient (Wildman–Crippen LogP) is 8.28. The lowest BCUT2D eigenvalue weighted by molar-refractivity contribution is -0.116. The number of amides is 1. The van der Waals surface area contributed by atoms with Crippen molar-refractivity contribution in [2.24, 2.45) is 0 Å². The van der Waals surface area contributed by atoms with Gasteiger partial charge in [-0.15, -0.1) is 0 Å². The van der Waals surface area contributed by atoms with E-state index in [0.717, 1.165) is 11.3 Å². The van der Waals surface area contributed by atoms with Crippen LogP contribution in [0.1, 0.15) is 5.56 Å². The molecule has 1 amide bonds. The zero-order chi connectivity index (χ0) is 24.6. The van der Waals surface area contributed by atoms with Crippen LogP contribution >= 0.6 is 70.2 Å².